The summed E-state index contributed by atoms with van der Waals surface area (Å²) in [5.74, 6) is -1.13. The lowest BCUT2D eigenvalue weighted by Crippen LogP contribution is -2.30. The van der Waals surface area contributed by atoms with Gasteiger partial charge in [0, 0.05) is 12.8 Å². The Bertz CT molecular complexity index is 1100. The van der Waals surface area contributed by atoms with E-state index < -0.39 is 57.9 Å². The number of esters is 2. The Morgan fingerprint density at radius 1 is 0.630 bits per heavy atom. The van der Waals surface area contributed by atoms with E-state index in [0.717, 1.165) is 44.9 Å². The Hall–Kier alpha value is -2.37. The van der Waals surface area contributed by atoms with Crippen LogP contribution in [-0.2, 0) is 32.7 Å². The van der Waals surface area contributed by atoms with E-state index in [1.807, 2.05) is 12.2 Å². The summed E-state index contributed by atoms with van der Waals surface area (Å²) in [4.78, 5) is 34.9. The third-order valence-corrected chi connectivity index (χ3v) is 9.24. The molecule has 12 heteroatoms. The van der Waals surface area contributed by atoms with Crippen molar-refractivity contribution in [3.8, 4) is 0 Å². The van der Waals surface area contributed by atoms with Crippen LogP contribution in [0.15, 0.2) is 60.8 Å². The average molecular weight is 785 g/mol. The Labute approximate surface area is 326 Å². The molecule has 0 saturated heterocycles. The summed E-state index contributed by atoms with van der Waals surface area (Å²) in [6, 6.07) is 0. The number of allylic oxidation sites excluding steroid dienone is 9. The molecule has 0 heterocycles. The lowest BCUT2D eigenvalue weighted by atomic mass is 10.0. The van der Waals surface area contributed by atoms with Crippen molar-refractivity contribution in [3.05, 3.63) is 60.8 Å². The van der Waals surface area contributed by atoms with Crippen molar-refractivity contribution in [1.29, 1.82) is 0 Å². The summed E-state index contributed by atoms with van der Waals surface area (Å²) < 4.78 is 32.5. The quantitative estimate of drug-likeness (QED) is 0.0156. The number of rotatable bonds is 37. The van der Waals surface area contributed by atoms with Crippen molar-refractivity contribution in [1.82, 2.24) is 0 Å². The van der Waals surface area contributed by atoms with E-state index >= 15 is 0 Å². The number of phosphoric ester groups is 1. The molecule has 4 atom stereocenters. The molecule has 4 N–H and O–H groups in total. The van der Waals surface area contributed by atoms with Gasteiger partial charge in [0.2, 0.25) is 0 Å². The predicted molar refractivity (Wildman–Crippen MR) is 216 cm³/mol. The molecule has 0 aromatic carbocycles. The van der Waals surface area contributed by atoms with Gasteiger partial charge in [0.05, 0.1) is 25.9 Å². The molecule has 4 unspecified atom stereocenters. The summed E-state index contributed by atoms with van der Waals surface area (Å²) in [6.07, 6.45) is 36.5. The number of aliphatic hydroxyl groups is 3. The number of hydrogen-bond donors (Lipinski definition) is 4. The molecule has 0 spiro atoms. The second-order valence-corrected chi connectivity index (χ2v) is 14.9. The second-order valence-electron chi connectivity index (χ2n) is 13.5. The van der Waals surface area contributed by atoms with Crippen molar-refractivity contribution < 1.29 is 52.9 Å². The molecule has 0 fully saturated rings. The van der Waals surface area contributed by atoms with Crippen LogP contribution in [0.1, 0.15) is 149 Å². The van der Waals surface area contributed by atoms with E-state index in [0.29, 0.717) is 19.3 Å². The summed E-state index contributed by atoms with van der Waals surface area (Å²) in [6.45, 7) is 2.02. The summed E-state index contributed by atoms with van der Waals surface area (Å²) in [7, 11) is -4.67. The first-order valence-corrected chi connectivity index (χ1v) is 21.8. The van der Waals surface area contributed by atoms with Gasteiger partial charge < -0.3 is 29.7 Å². The maximum absolute atomic E-state index is 12.6. The zero-order chi connectivity index (χ0) is 40.0. The number of carbonyl (C=O) groups is 2. The van der Waals surface area contributed by atoms with Gasteiger partial charge in [-0.3, -0.25) is 18.6 Å². The highest BCUT2D eigenvalue weighted by Crippen LogP contribution is 2.43. The molecule has 0 radical (unpaired) electrons. The molecule has 0 bridgehead atoms. The standard InChI is InChI=1S/C42H73O11P/c1-3-5-7-9-11-13-15-17-19-21-23-25-27-30-38(44)31-29-33-42(47)53-40(37-52-54(48,49)51-35-39(45)34-43)36-50-41(46)32-28-26-24-22-20-18-16-14-12-10-8-6-4-2/h5,7,11,13,17,19,23,25,27,30,38-40,43-45H,3-4,6,8-10,12,14-16,18,20-22,24,26,28-29,31-37H2,1-2H3,(H,48,49)/b7-5-,13-11-,19-17-,25-23-,30-27+. The molecule has 312 valence electrons. The molecule has 0 aliphatic carbocycles. The molecule has 0 aliphatic rings. The SMILES string of the molecule is CC/C=C\C/C=C\C/C=C\C/C=C\C=C\C(O)CCCC(=O)OC(COC(=O)CCCCCCCCCCCCCCC)COP(=O)(O)OCC(O)CO. The van der Waals surface area contributed by atoms with Crippen LogP contribution < -0.4 is 0 Å². The van der Waals surface area contributed by atoms with Gasteiger partial charge in [-0.1, -0.05) is 152 Å². The van der Waals surface area contributed by atoms with Crippen LogP contribution in [0, 0.1) is 0 Å². The van der Waals surface area contributed by atoms with Gasteiger partial charge in [-0.25, -0.2) is 4.57 Å². The Balaban J connectivity index is 4.56. The third kappa shape index (κ3) is 36.6. The number of hydrogen-bond acceptors (Lipinski definition) is 10. The molecule has 0 aromatic rings. The van der Waals surface area contributed by atoms with Gasteiger partial charge in [0.15, 0.2) is 6.10 Å². The number of phosphoric acid groups is 1. The Morgan fingerprint density at radius 3 is 1.72 bits per heavy atom. The monoisotopic (exact) mass is 784 g/mol. The molecule has 0 rings (SSSR count). The first-order chi connectivity index (χ1) is 26.1. The highest BCUT2D eigenvalue weighted by Gasteiger charge is 2.27. The van der Waals surface area contributed by atoms with E-state index in [9.17, 15) is 29.3 Å². The van der Waals surface area contributed by atoms with Crippen LogP contribution in [0.4, 0.5) is 0 Å². The van der Waals surface area contributed by atoms with E-state index in [2.05, 4.69) is 54.8 Å². The minimum atomic E-state index is -4.67. The molecule has 54 heavy (non-hydrogen) atoms. The molecule has 0 aliphatic heterocycles. The van der Waals surface area contributed by atoms with Crippen LogP contribution in [0.25, 0.3) is 0 Å². The van der Waals surface area contributed by atoms with E-state index in [1.165, 1.54) is 57.8 Å². The molecular weight excluding hydrogens is 711 g/mol. The fourth-order valence-corrected chi connectivity index (χ4v) is 5.93. The molecule has 0 amide bonds. The Kier molecular flexibility index (Phi) is 35.9. The van der Waals surface area contributed by atoms with Crippen LogP contribution in [0.3, 0.4) is 0 Å². The first-order valence-electron chi connectivity index (χ1n) is 20.4. The first kappa shape index (κ1) is 51.6. The van der Waals surface area contributed by atoms with Crippen molar-refractivity contribution >= 4 is 19.8 Å². The summed E-state index contributed by atoms with van der Waals surface area (Å²) in [5, 5.41) is 28.6. The van der Waals surface area contributed by atoms with Crippen LogP contribution in [-0.4, -0.2) is 76.9 Å². The van der Waals surface area contributed by atoms with Gasteiger partial charge >= 0.3 is 19.8 Å². The van der Waals surface area contributed by atoms with Gasteiger partial charge in [-0.15, -0.1) is 0 Å². The smallest absolute Gasteiger partial charge is 0.462 e. The maximum Gasteiger partial charge on any atom is 0.472 e. The number of unbranched alkanes of at least 4 members (excludes halogenated alkanes) is 12. The molecule has 0 aromatic heterocycles. The minimum absolute atomic E-state index is 0.0474. The fourth-order valence-electron chi connectivity index (χ4n) is 5.14. The lowest BCUT2D eigenvalue weighted by molar-refractivity contribution is -0.161. The highest BCUT2D eigenvalue weighted by atomic mass is 31.2. The number of ether oxygens (including phenoxy) is 2. The van der Waals surface area contributed by atoms with E-state index in [1.54, 1.807) is 12.2 Å². The zero-order valence-electron chi connectivity index (χ0n) is 33.3. The van der Waals surface area contributed by atoms with Gasteiger partial charge in [0.25, 0.3) is 0 Å². The maximum atomic E-state index is 12.6. The van der Waals surface area contributed by atoms with Gasteiger partial charge in [-0.05, 0) is 44.9 Å². The average Bonchev–Trinajstić information content (AvgIpc) is 3.15. The molecular formula is C42H73O11P. The summed E-state index contributed by atoms with van der Waals surface area (Å²) in [5.41, 5.74) is 0. The van der Waals surface area contributed by atoms with Crippen LogP contribution in [0.2, 0.25) is 0 Å². The number of aliphatic hydroxyl groups excluding tert-OH is 3. The predicted octanol–water partition coefficient (Wildman–Crippen LogP) is 9.30. The topological polar surface area (TPSA) is 169 Å². The van der Waals surface area contributed by atoms with Gasteiger partial charge in [0.1, 0.15) is 12.7 Å². The normalized spacial score (nSPS) is 15.1. The van der Waals surface area contributed by atoms with Crippen molar-refractivity contribution in [2.75, 3.05) is 26.4 Å². The van der Waals surface area contributed by atoms with E-state index in [4.69, 9.17) is 19.1 Å². The number of carbonyl (C=O) groups excluding carboxylic acids is 2. The molecule has 11 nitrogen and oxygen atoms in total. The van der Waals surface area contributed by atoms with Crippen molar-refractivity contribution in [3.63, 3.8) is 0 Å². The fraction of sp³-hybridized carbons (Fsp3) is 0.714. The zero-order valence-corrected chi connectivity index (χ0v) is 34.2. The van der Waals surface area contributed by atoms with E-state index in [-0.39, 0.29) is 19.4 Å². The largest absolute Gasteiger partial charge is 0.472 e. The second kappa shape index (κ2) is 37.5. The minimum Gasteiger partial charge on any atom is -0.462 e. The van der Waals surface area contributed by atoms with Gasteiger partial charge in [-0.2, -0.15) is 0 Å². The summed E-state index contributed by atoms with van der Waals surface area (Å²) >= 11 is 0. The van der Waals surface area contributed by atoms with Crippen molar-refractivity contribution in [2.45, 2.75) is 167 Å². The third-order valence-electron chi connectivity index (χ3n) is 8.29. The lowest BCUT2D eigenvalue weighted by Gasteiger charge is -2.20. The Morgan fingerprint density at radius 2 is 1.15 bits per heavy atom. The van der Waals surface area contributed by atoms with Crippen molar-refractivity contribution in [2.24, 2.45) is 0 Å². The van der Waals surface area contributed by atoms with Crippen LogP contribution in [0.5, 0.6) is 0 Å². The highest BCUT2D eigenvalue weighted by molar-refractivity contribution is 7.47. The molecule has 0 saturated carbocycles. The van der Waals surface area contributed by atoms with Crippen LogP contribution >= 0.6 is 7.82 Å².